The molecule has 1 N–H and O–H groups in total. The molecule has 0 spiro atoms. The van der Waals surface area contributed by atoms with E-state index < -0.39 is 0 Å². The lowest BCUT2D eigenvalue weighted by molar-refractivity contribution is 0.106. The highest BCUT2D eigenvalue weighted by Crippen LogP contribution is 2.43. The molecule has 28 heavy (non-hydrogen) atoms. The highest BCUT2D eigenvalue weighted by molar-refractivity contribution is 6.56. The fraction of sp³-hybridized carbons (Fsp3) is 0.333. The first-order chi connectivity index (χ1) is 13.0. The number of fused-ring (bicyclic) bond motifs is 2. The summed E-state index contributed by atoms with van der Waals surface area (Å²) >= 11 is 0. The standard InChI is InChI=1S/C24H25NO3/c1-23(2,3)13-11-15-18(19-20(26)14-9-7-8-10-17(14)25-19)22(27)28-21(15)16(12-13)24(4,5)6/h7-12,27H,1-6H3. The highest BCUT2D eigenvalue weighted by atomic mass is 16.5. The number of para-hydroxylation sites is 1. The van der Waals surface area contributed by atoms with Crippen LogP contribution in [0, 0.1) is 0 Å². The van der Waals surface area contributed by atoms with Gasteiger partial charge in [0.05, 0.1) is 11.3 Å². The molecule has 1 aromatic heterocycles. The Balaban J connectivity index is 2.04. The number of hydrogen-bond donors (Lipinski definition) is 1. The Kier molecular flexibility index (Phi) is 3.83. The number of rotatable bonds is 1. The van der Waals surface area contributed by atoms with Crippen LogP contribution < -0.4 is 0 Å². The predicted octanol–water partition coefficient (Wildman–Crippen LogP) is 6.05. The van der Waals surface area contributed by atoms with Crippen molar-refractivity contribution in [2.24, 2.45) is 4.99 Å². The van der Waals surface area contributed by atoms with Crippen LogP contribution in [0.4, 0.5) is 5.69 Å². The van der Waals surface area contributed by atoms with Crippen LogP contribution >= 0.6 is 0 Å². The zero-order valence-corrected chi connectivity index (χ0v) is 17.2. The monoisotopic (exact) mass is 375 g/mol. The van der Waals surface area contributed by atoms with Gasteiger partial charge in [0.2, 0.25) is 5.78 Å². The van der Waals surface area contributed by atoms with Gasteiger partial charge in [0.1, 0.15) is 11.3 Å². The Labute approximate surface area is 164 Å². The van der Waals surface area contributed by atoms with Crippen molar-refractivity contribution in [2.75, 3.05) is 0 Å². The Hall–Kier alpha value is -2.88. The van der Waals surface area contributed by atoms with Gasteiger partial charge >= 0.3 is 0 Å². The van der Waals surface area contributed by atoms with E-state index in [9.17, 15) is 9.90 Å². The summed E-state index contributed by atoms with van der Waals surface area (Å²) in [5, 5.41) is 11.4. The van der Waals surface area contributed by atoms with Crippen LogP contribution in [0.5, 0.6) is 5.95 Å². The topological polar surface area (TPSA) is 62.8 Å². The number of benzene rings is 2. The number of nitrogens with zero attached hydrogens (tertiary/aromatic N) is 1. The maximum atomic E-state index is 13.0. The van der Waals surface area contributed by atoms with Crippen molar-refractivity contribution in [3.63, 3.8) is 0 Å². The smallest absolute Gasteiger partial charge is 0.292 e. The van der Waals surface area contributed by atoms with E-state index in [1.54, 1.807) is 12.1 Å². The van der Waals surface area contributed by atoms with Gasteiger partial charge in [0.25, 0.3) is 5.95 Å². The number of furan rings is 1. The summed E-state index contributed by atoms with van der Waals surface area (Å²) < 4.78 is 5.81. The molecule has 2 aromatic carbocycles. The number of carbonyl (C=O) groups is 1. The summed E-state index contributed by atoms with van der Waals surface area (Å²) in [5.41, 5.74) is 4.24. The van der Waals surface area contributed by atoms with E-state index in [1.807, 2.05) is 18.2 Å². The molecule has 0 radical (unpaired) electrons. The van der Waals surface area contributed by atoms with Crippen molar-refractivity contribution in [1.29, 1.82) is 0 Å². The molecule has 0 atom stereocenters. The summed E-state index contributed by atoms with van der Waals surface area (Å²) in [6, 6.07) is 11.4. The molecule has 0 fully saturated rings. The molecule has 4 rings (SSSR count). The lowest BCUT2D eigenvalue weighted by Crippen LogP contribution is -2.17. The van der Waals surface area contributed by atoms with Crippen LogP contribution in [-0.2, 0) is 10.8 Å². The molecule has 1 aliphatic rings. The molecule has 0 amide bonds. The second-order valence-electron chi connectivity index (χ2n) is 9.49. The van der Waals surface area contributed by atoms with Crippen molar-refractivity contribution in [1.82, 2.24) is 0 Å². The van der Waals surface area contributed by atoms with Crippen LogP contribution in [0.15, 0.2) is 45.8 Å². The zero-order valence-electron chi connectivity index (χ0n) is 17.2. The van der Waals surface area contributed by atoms with Crippen LogP contribution in [0.3, 0.4) is 0 Å². The van der Waals surface area contributed by atoms with E-state index in [0.29, 0.717) is 22.4 Å². The van der Waals surface area contributed by atoms with Gasteiger partial charge in [-0.05, 0) is 34.6 Å². The predicted molar refractivity (Wildman–Crippen MR) is 112 cm³/mol. The van der Waals surface area contributed by atoms with Gasteiger partial charge < -0.3 is 9.52 Å². The molecular formula is C24H25NO3. The fourth-order valence-corrected chi connectivity index (χ4v) is 3.64. The van der Waals surface area contributed by atoms with Crippen molar-refractivity contribution in [3.05, 3.63) is 58.7 Å². The Morgan fingerprint density at radius 2 is 1.64 bits per heavy atom. The average Bonchev–Trinajstić information content (AvgIpc) is 3.08. The minimum Gasteiger partial charge on any atom is -0.480 e. The quantitative estimate of drug-likeness (QED) is 0.563. The van der Waals surface area contributed by atoms with Crippen LogP contribution in [0.1, 0.15) is 68.6 Å². The number of aliphatic imine (C=N–C) groups is 1. The Bertz CT molecular complexity index is 1150. The number of Topliss-reactive ketones (excluding diaryl/α,β-unsaturated/α-hetero) is 1. The van der Waals surface area contributed by atoms with E-state index in [1.165, 1.54) is 0 Å². The Morgan fingerprint density at radius 1 is 0.964 bits per heavy atom. The number of aromatic hydroxyl groups is 1. The molecule has 0 bridgehead atoms. The van der Waals surface area contributed by atoms with E-state index in [2.05, 4.69) is 52.6 Å². The lowest BCUT2D eigenvalue weighted by Gasteiger charge is -2.25. The SMILES string of the molecule is CC(C)(C)c1cc(C(C)(C)C)c2oc(O)c(C3=Nc4ccccc4C3=O)c2c1. The summed E-state index contributed by atoms with van der Waals surface area (Å²) in [4.78, 5) is 17.5. The van der Waals surface area contributed by atoms with Crippen LogP contribution in [0.2, 0.25) is 0 Å². The molecule has 0 saturated heterocycles. The molecule has 4 heteroatoms. The van der Waals surface area contributed by atoms with Gasteiger partial charge in [0, 0.05) is 16.5 Å². The van der Waals surface area contributed by atoms with E-state index in [-0.39, 0.29) is 28.3 Å². The normalized spacial score (nSPS) is 14.5. The zero-order chi connectivity index (χ0) is 20.4. The first-order valence-electron chi connectivity index (χ1n) is 9.52. The first-order valence-corrected chi connectivity index (χ1v) is 9.52. The summed E-state index contributed by atoms with van der Waals surface area (Å²) in [6.07, 6.45) is 0. The molecule has 1 aliphatic heterocycles. The summed E-state index contributed by atoms with van der Waals surface area (Å²) in [7, 11) is 0. The second-order valence-corrected chi connectivity index (χ2v) is 9.49. The minimum atomic E-state index is -0.258. The van der Waals surface area contributed by atoms with Gasteiger partial charge in [-0.25, -0.2) is 4.99 Å². The molecule has 4 nitrogen and oxygen atoms in total. The molecular weight excluding hydrogens is 350 g/mol. The van der Waals surface area contributed by atoms with Gasteiger partial charge in [-0.15, -0.1) is 0 Å². The third-order valence-corrected chi connectivity index (χ3v) is 5.28. The van der Waals surface area contributed by atoms with Gasteiger partial charge in [-0.3, -0.25) is 4.79 Å². The largest absolute Gasteiger partial charge is 0.480 e. The molecule has 0 aliphatic carbocycles. The minimum absolute atomic E-state index is 0.0944. The van der Waals surface area contributed by atoms with Crippen molar-refractivity contribution >= 4 is 28.2 Å². The Morgan fingerprint density at radius 3 is 2.25 bits per heavy atom. The van der Waals surface area contributed by atoms with Gasteiger partial charge in [-0.2, -0.15) is 0 Å². The first kappa shape index (κ1) is 18.5. The highest BCUT2D eigenvalue weighted by Gasteiger charge is 2.33. The van der Waals surface area contributed by atoms with Crippen molar-refractivity contribution < 1.29 is 14.3 Å². The fourth-order valence-electron chi connectivity index (χ4n) is 3.64. The van der Waals surface area contributed by atoms with Gasteiger partial charge in [-0.1, -0.05) is 59.7 Å². The van der Waals surface area contributed by atoms with E-state index in [4.69, 9.17) is 4.42 Å². The van der Waals surface area contributed by atoms with Crippen molar-refractivity contribution in [2.45, 2.75) is 52.4 Å². The van der Waals surface area contributed by atoms with Crippen molar-refractivity contribution in [3.8, 4) is 5.95 Å². The number of hydrogen-bond acceptors (Lipinski definition) is 4. The lowest BCUT2D eigenvalue weighted by atomic mass is 9.79. The molecule has 2 heterocycles. The summed E-state index contributed by atoms with van der Waals surface area (Å²) in [5.74, 6) is -0.446. The maximum Gasteiger partial charge on any atom is 0.292 e. The third kappa shape index (κ3) is 2.75. The number of carbonyl (C=O) groups excluding carboxylic acids is 1. The van der Waals surface area contributed by atoms with E-state index >= 15 is 0 Å². The maximum absolute atomic E-state index is 13.0. The van der Waals surface area contributed by atoms with Crippen LogP contribution in [-0.4, -0.2) is 16.6 Å². The molecule has 144 valence electrons. The molecule has 0 saturated carbocycles. The third-order valence-electron chi connectivity index (χ3n) is 5.28. The van der Waals surface area contributed by atoms with Crippen LogP contribution in [0.25, 0.3) is 11.0 Å². The molecule has 0 unspecified atom stereocenters. The summed E-state index contributed by atoms with van der Waals surface area (Å²) in [6.45, 7) is 12.8. The number of ketones is 1. The second kappa shape index (κ2) is 5.81. The van der Waals surface area contributed by atoms with Gasteiger partial charge in [0.15, 0.2) is 0 Å². The average molecular weight is 375 g/mol. The van der Waals surface area contributed by atoms with E-state index in [0.717, 1.165) is 16.5 Å². The molecule has 3 aromatic rings.